The van der Waals surface area contributed by atoms with Crippen molar-refractivity contribution in [2.75, 3.05) is 68.7 Å². The number of hydrogen-bond donors (Lipinski definition) is 0. The molecule has 10 heteroatoms. The number of benzene rings is 1. The molecule has 0 N–H and O–H groups in total. The first kappa shape index (κ1) is 26.3. The van der Waals surface area contributed by atoms with E-state index in [1.165, 1.54) is 6.26 Å². The molecule has 2 aliphatic rings. The standard InChI is InChI=1S/C28H35ClN6O3/c29-23-7-2-3-8-24(23)32-16-14-31(15-17-32)12-4-1-5-13-35-27(36)11-10-26(30-35)33-18-20-34(21-19-33)28(37)25-9-6-22-38-25/h2-3,6-11,22H,1,4-5,12-21H2. The summed E-state index contributed by atoms with van der Waals surface area (Å²) < 4.78 is 6.82. The van der Waals surface area contributed by atoms with Crippen LogP contribution in [0, 0.1) is 0 Å². The number of rotatable bonds is 9. The molecule has 2 saturated heterocycles. The predicted octanol–water partition coefficient (Wildman–Crippen LogP) is 3.44. The lowest BCUT2D eigenvalue weighted by Crippen LogP contribution is -2.49. The zero-order chi connectivity index (χ0) is 26.3. The van der Waals surface area contributed by atoms with Gasteiger partial charge in [-0.05, 0) is 49.7 Å². The second-order valence-corrected chi connectivity index (χ2v) is 10.3. The van der Waals surface area contributed by atoms with Crippen molar-refractivity contribution in [1.29, 1.82) is 0 Å². The minimum Gasteiger partial charge on any atom is -0.459 e. The monoisotopic (exact) mass is 538 g/mol. The summed E-state index contributed by atoms with van der Waals surface area (Å²) in [4.78, 5) is 33.7. The van der Waals surface area contributed by atoms with Crippen LogP contribution in [-0.2, 0) is 6.54 Å². The number of halogens is 1. The normalized spacial score (nSPS) is 16.7. The summed E-state index contributed by atoms with van der Waals surface area (Å²) in [6, 6.07) is 14.8. The van der Waals surface area contributed by atoms with Gasteiger partial charge in [0, 0.05) is 65.0 Å². The molecule has 0 spiro atoms. The second kappa shape index (κ2) is 12.5. The number of carbonyl (C=O) groups is 1. The van der Waals surface area contributed by atoms with Gasteiger partial charge in [-0.15, -0.1) is 0 Å². The highest BCUT2D eigenvalue weighted by Gasteiger charge is 2.24. The van der Waals surface area contributed by atoms with Crippen molar-refractivity contribution in [3.8, 4) is 0 Å². The van der Waals surface area contributed by atoms with E-state index < -0.39 is 0 Å². The van der Waals surface area contributed by atoms with Crippen LogP contribution in [-0.4, -0.2) is 84.4 Å². The lowest BCUT2D eigenvalue weighted by Gasteiger charge is -2.36. The molecule has 0 bridgehead atoms. The molecule has 0 unspecified atom stereocenters. The van der Waals surface area contributed by atoms with Crippen LogP contribution in [0.3, 0.4) is 0 Å². The van der Waals surface area contributed by atoms with E-state index in [0.717, 1.165) is 68.5 Å². The number of piperazine rings is 2. The molecule has 0 radical (unpaired) electrons. The number of hydrogen-bond acceptors (Lipinski definition) is 7. The third kappa shape index (κ3) is 6.39. The third-order valence-corrected chi connectivity index (χ3v) is 7.70. The van der Waals surface area contributed by atoms with Gasteiger partial charge in [-0.1, -0.05) is 30.2 Å². The molecule has 0 aliphatic carbocycles. The van der Waals surface area contributed by atoms with E-state index in [1.54, 1.807) is 33.8 Å². The predicted molar refractivity (Wildman–Crippen MR) is 149 cm³/mol. The molecule has 1 amide bonds. The van der Waals surface area contributed by atoms with Crippen LogP contribution in [0.5, 0.6) is 0 Å². The van der Waals surface area contributed by atoms with E-state index in [9.17, 15) is 9.59 Å². The zero-order valence-electron chi connectivity index (χ0n) is 21.7. The largest absolute Gasteiger partial charge is 0.459 e. The van der Waals surface area contributed by atoms with Gasteiger partial charge in [0.25, 0.3) is 11.5 Å². The quantitative estimate of drug-likeness (QED) is 0.386. The van der Waals surface area contributed by atoms with E-state index in [-0.39, 0.29) is 11.5 Å². The number of carbonyl (C=O) groups excluding carboxylic acids is 1. The molecule has 4 heterocycles. The summed E-state index contributed by atoms with van der Waals surface area (Å²) in [6.45, 7) is 8.25. The molecule has 0 atom stereocenters. The van der Waals surface area contributed by atoms with Gasteiger partial charge >= 0.3 is 0 Å². The van der Waals surface area contributed by atoms with Crippen molar-refractivity contribution in [2.24, 2.45) is 0 Å². The van der Waals surface area contributed by atoms with E-state index in [0.29, 0.717) is 38.5 Å². The molecule has 1 aromatic carbocycles. The first-order valence-corrected chi connectivity index (χ1v) is 13.8. The van der Waals surface area contributed by atoms with Gasteiger partial charge in [0.2, 0.25) is 0 Å². The summed E-state index contributed by atoms with van der Waals surface area (Å²) in [5, 5.41) is 5.44. The molecule has 9 nitrogen and oxygen atoms in total. The summed E-state index contributed by atoms with van der Waals surface area (Å²) >= 11 is 6.36. The highest BCUT2D eigenvalue weighted by molar-refractivity contribution is 6.33. The molecular weight excluding hydrogens is 504 g/mol. The van der Waals surface area contributed by atoms with Crippen LogP contribution in [0.1, 0.15) is 29.8 Å². The Morgan fingerprint density at radius 2 is 1.55 bits per heavy atom. The van der Waals surface area contributed by atoms with Gasteiger partial charge in [-0.25, -0.2) is 4.68 Å². The van der Waals surface area contributed by atoms with Gasteiger partial charge in [-0.2, -0.15) is 5.10 Å². The number of aromatic nitrogens is 2. The number of nitrogens with zero attached hydrogens (tertiary/aromatic N) is 6. The Kier molecular flexibility index (Phi) is 8.65. The Labute approximate surface area is 228 Å². The first-order chi connectivity index (χ1) is 18.6. The van der Waals surface area contributed by atoms with Crippen LogP contribution >= 0.6 is 11.6 Å². The first-order valence-electron chi connectivity index (χ1n) is 13.5. The fourth-order valence-electron chi connectivity index (χ4n) is 5.16. The molecular formula is C28H35ClN6O3. The average molecular weight is 539 g/mol. The van der Waals surface area contributed by atoms with Crippen molar-refractivity contribution in [2.45, 2.75) is 25.8 Å². The van der Waals surface area contributed by atoms with Crippen molar-refractivity contribution >= 4 is 29.0 Å². The summed E-state index contributed by atoms with van der Waals surface area (Å²) in [6.07, 6.45) is 4.59. The lowest BCUT2D eigenvalue weighted by atomic mass is 10.2. The number of aryl methyl sites for hydroxylation is 1. The van der Waals surface area contributed by atoms with E-state index in [1.807, 2.05) is 18.2 Å². The Hall–Kier alpha value is -3.30. The average Bonchev–Trinajstić information content (AvgIpc) is 3.49. The number of furan rings is 1. The number of unbranched alkanes of at least 4 members (excludes halogenated alkanes) is 2. The maximum atomic E-state index is 12.5. The molecule has 3 aromatic rings. The van der Waals surface area contributed by atoms with Gasteiger partial charge in [-0.3, -0.25) is 14.5 Å². The molecule has 2 aromatic heterocycles. The highest BCUT2D eigenvalue weighted by Crippen LogP contribution is 2.26. The van der Waals surface area contributed by atoms with Crippen LogP contribution in [0.15, 0.2) is 64.0 Å². The molecule has 0 saturated carbocycles. The SMILES string of the molecule is O=C(c1ccco1)N1CCN(c2ccc(=O)n(CCCCCN3CCN(c4ccccc4Cl)CC3)n2)CC1. The molecule has 2 aliphatic heterocycles. The Balaban J connectivity index is 1.03. The maximum absolute atomic E-state index is 12.5. The minimum atomic E-state index is -0.0879. The molecule has 2 fully saturated rings. The summed E-state index contributed by atoms with van der Waals surface area (Å²) in [7, 11) is 0. The maximum Gasteiger partial charge on any atom is 0.289 e. The summed E-state index contributed by atoms with van der Waals surface area (Å²) in [5.74, 6) is 1.06. The smallest absolute Gasteiger partial charge is 0.289 e. The molecule has 202 valence electrons. The Morgan fingerprint density at radius 3 is 2.29 bits per heavy atom. The van der Waals surface area contributed by atoms with Crippen LogP contribution in [0.2, 0.25) is 5.02 Å². The molecule has 38 heavy (non-hydrogen) atoms. The van der Waals surface area contributed by atoms with Crippen molar-refractivity contribution < 1.29 is 9.21 Å². The van der Waals surface area contributed by atoms with E-state index in [4.69, 9.17) is 16.0 Å². The number of amides is 1. The number of para-hydroxylation sites is 1. The fourth-order valence-corrected chi connectivity index (χ4v) is 5.41. The van der Waals surface area contributed by atoms with Gasteiger partial charge < -0.3 is 19.1 Å². The highest BCUT2D eigenvalue weighted by atomic mass is 35.5. The Morgan fingerprint density at radius 1 is 0.816 bits per heavy atom. The fraction of sp³-hybridized carbons (Fsp3) is 0.464. The topological polar surface area (TPSA) is 78.1 Å². The van der Waals surface area contributed by atoms with Crippen LogP contribution in [0.4, 0.5) is 11.5 Å². The lowest BCUT2D eigenvalue weighted by molar-refractivity contribution is 0.0714. The van der Waals surface area contributed by atoms with Crippen LogP contribution in [0.25, 0.3) is 0 Å². The van der Waals surface area contributed by atoms with Crippen LogP contribution < -0.4 is 15.4 Å². The van der Waals surface area contributed by atoms with E-state index in [2.05, 4.69) is 25.9 Å². The van der Waals surface area contributed by atoms with Crippen molar-refractivity contribution in [1.82, 2.24) is 19.6 Å². The second-order valence-electron chi connectivity index (χ2n) is 9.85. The number of anilines is 2. The van der Waals surface area contributed by atoms with Gasteiger partial charge in [0.15, 0.2) is 5.76 Å². The summed E-state index contributed by atoms with van der Waals surface area (Å²) in [5.41, 5.74) is 1.05. The Bertz CT molecular complexity index is 1250. The van der Waals surface area contributed by atoms with E-state index >= 15 is 0 Å². The van der Waals surface area contributed by atoms with Crippen molar-refractivity contribution in [3.05, 3.63) is 75.9 Å². The third-order valence-electron chi connectivity index (χ3n) is 7.39. The minimum absolute atomic E-state index is 0.0731. The van der Waals surface area contributed by atoms with Gasteiger partial charge in [0.05, 0.1) is 17.0 Å². The molecule has 5 rings (SSSR count). The van der Waals surface area contributed by atoms with Gasteiger partial charge in [0.1, 0.15) is 5.82 Å². The zero-order valence-corrected chi connectivity index (χ0v) is 22.4. The van der Waals surface area contributed by atoms with Crippen molar-refractivity contribution in [3.63, 3.8) is 0 Å².